The lowest BCUT2D eigenvalue weighted by atomic mass is 10.1. The summed E-state index contributed by atoms with van der Waals surface area (Å²) in [7, 11) is 0. The summed E-state index contributed by atoms with van der Waals surface area (Å²) in [5, 5.41) is 0. The summed E-state index contributed by atoms with van der Waals surface area (Å²) in [6, 6.07) is 5.05. The molecular weight excluding hydrogens is 452 g/mol. The molecule has 2 heterocycles. The van der Waals surface area contributed by atoms with Crippen LogP contribution >= 0.6 is 15.9 Å². The fraction of sp³-hybridized carbons (Fsp3) is 0.524. The van der Waals surface area contributed by atoms with E-state index >= 15 is 0 Å². The maximum Gasteiger partial charge on any atom is 0.320 e. The van der Waals surface area contributed by atoms with E-state index in [9.17, 15) is 19.2 Å². The molecule has 8 nitrogen and oxygen atoms in total. The molecule has 1 saturated heterocycles. The van der Waals surface area contributed by atoms with Crippen LogP contribution in [0, 0.1) is 0 Å². The molecule has 0 unspecified atom stereocenters. The molecule has 1 fully saturated rings. The Balaban J connectivity index is 1.46. The van der Waals surface area contributed by atoms with Crippen molar-refractivity contribution >= 4 is 39.7 Å². The maximum absolute atomic E-state index is 12.5. The average Bonchev–Trinajstić information content (AvgIpc) is 2.98. The number of carbonyl (C=O) groups excluding carboxylic acids is 4. The van der Waals surface area contributed by atoms with E-state index in [4.69, 9.17) is 0 Å². The number of benzene rings is 1. The summed E-state index contributed by atoms with van der Waals surface area (Å²) in [5.74, 6) is -0.630. The molecule has 3 rings (SSSR count). The van der Waals surface area contributed by atoms with Gasteiger partial charge in [0.2, 0.25) is 5.91 Å². The molecule has 0 radical (unpaired) electrons. The minimum absolute atomic E-state index is 0.00992. The Labute approximate surface area is 184 Å². The number of hydrogen-bond donors (Lipinski definition) is 0. The van der Waals surface area contributed by atoms with Gasteiger partial charge in [0.15, 0.2) is 0 Å². The molecule has 5 amide bonds. The number of nitrogens with zero attached hydrogens (tertiary/aromatic N) is 4. The third-order valence-corrected chi connectivity index (χ3v) is 6.14. The monoisotopic (exact) mass is 478 g/mol. The molecular formula is C21H27BrN4O4. The molecule has 0 aromatic heterocycles. The molecule has 0 aliphatic carbocycles. The molecule has 1 aromatic carbocycles. The number of carbonyl (C=O) groups is 4. The number of amides is 5. The standard InChI is InChI=1S/C21H27BrN4O4/c1-3-23(4-2)21(30)25-12-10-24(11-13-25)18(27)6-5-9-26-19(28)16-8-7-15(22)14-17(16)20(26)29/h7-8,14H,3-6,9-13H2,1-2H3. The molecule has 0 N–H and O–H groups in total. The van der Waals surface area contributed by atoms with E-state index in [0.29, 0.717) is 56.8 Å². The molecule has 0 bridgehead atoms. The van der Waals surface area contributed by atoms with Crippen LogP contribution in [0.15, 0.2) is 22.7 Å². The molecule has 0 saturated carbocycles. The Bertz CT molecular complexity index is 847. The summed E-state index contributed by atoms with van der Waals surface area (Å²) in [5.41, 5.74) is 0.804. The van der Waals surface area contributed by atoms with Crippen molar-refractivity contribution < 1.29 is 19.2 Å². The highest BCUT2D eigenvalue weighted by molar-refractivity contribution is 9.10. The molecule has 30 heavy (non-hydrogen) atoms. The zero-order valence-electron chi connectivity index (χ0n) is 17.4. The van der Waals surface area contributed by atoms with Crippen LogP contribution < -0.4 is 0 Å². The Kier molecular flexibility index (Phi) is 7.12. The summed E-state index contributed by atoms with van der Waals surface area (Å²) in [6.07, 6.45) is 0.686. The van der Waals surface area contributed by atoms with E-state index in [-0.39, 0.29) is 36.7 Å². The predicted octanol–water partition coefficient (Wildman–Crippen LogP) is 2.43. The maximum atomic E-state index is 12.5. The topological polar surface area (TPSA) is 81.2 Å². The molecule has 1 aromatic rings. The van der Waals surface area contributed by atoms with Crippen LogP contribution in [0.1, 0.15) is 47.4 Å². The second kappa shape index (κ2) is 9.59. The van der Waals surface area contributed by atoms with Crippen molar-refractivity contribution in [1.82, 2.24) is 19.6 Å². The van der Waals surface area contributed by atoms with Gasteiger partial charge in [0.05, 0.1) is 11.1 Å². The molecule has 0 spiro atoms. The SMILES string of the molecule is CCN(CC)C(=O)N1CCN(C(=O)CCCN2C(=O)c3ccc(Br)cc3C2=O)CC1. The van der Waals surface area contributed by atoms with Crippen molar-refractivity contribution in [1.29, 1.82) is 0 Å². The van der Waals surface area contributed by atoms with Crippen LogP contribution in [-0.2, 0) is 4.79 Å². The van der Waals surface area contributed by atoms with E-state index < -0.39 is 0 Å². The Morgan fingerprint density at radius 2 is 1.57 bits per heavy atom. The fourth-order valence-corrected chi connectivity index (χ4v) is 4.21. The molecule has 0 atom stereocenters. The number of imide groups is 1. The molecule has 2 aliphatic heterocycles. The zero-order valence-corrected chi connectivity index (χ0v) is 19.0. The van der Waals surface area contributed by atoms with Crippen molar-refractivity contribution in [2.75, 3.05) is 45.8 Å². The van der Waals surface area contributed by atoms with Gasteiger partial charge in [0.25, 0.3) is 11.8 Å². The van der Waals surface area contributed by atoms with Crippen LogP contribution in [-0.4, -0.2) is 89.2 Å². The normalized spacial score (nSPS) is 16.2. The van der Waals surface area contributed by atoms with Crippen LogP contribution in [0.3, 0.4) is 0 Å². The van der Waals surface area contributed by atoms with E-state index in [0.717, 1.165) is 4.47 Å². The third kappa shape index (κ3) is 4.50. The van der Waals surface area contributed by atoms with E-state index in [1.54, 1.807) is 32.9 Å². The first-order chi connectivity index (χ1) is 14.4. The van der Waals surface area contributed by atoms with Gasteiger partial charge in [0, 0.05) is 56.7 Å². The highest BCUT2D eigenvalue weighted by Crippen LogP contribution is 2.26. The smallest absolute Gasteiger partial charge is 0.320 e. The van der Waals surface area contributed by atoms with Crippen LogP contribution in [0.25, 0.3) is 0 Å². The van der Waals surface area contributed by atoms with Gasteiger partial charge in [-0.15, -0.1) is 0 Å². The van der Waals surface area contributed by atoms with Crippen LogP contribution in [0.2, 0.25) is 0 Å². The van der Waals surface area contributed by atoms with Gasteiger partial charge >= 0.3 is 6.03 Å². The lowest BCUT2D eigenvalue weighted by molar-refractivity contribution is -0.132. The first-order valence-electron chi connectivity index (χ1n) is 10.3. The molecule has 9 heteroatoms. The summed E-state index contributed by atoms with van der Waals surface area (Å²) in [4.78, 5) is 56.4. The lowest BCUT2D eigenvalue weighted by Gasteiger charge is -2.37. The van der Waals surface area contributed by atoms with E-state index in [2.05, 4.69) is 15.9 Å². The number of hydrogen-bond acceptors (Lipinski definition) is 4. The summed E-state index contributed by atoms with van der Waals surface area (Å²) < 4.78 is 0.748. The minimum atomic E-state index is -0.313. The van der Waals surface area contributed by atoms with Crippen molar-refractivity contribution in [3.8, 4) is 0 Å². The Hall–Kier alpha value is -2.42. The van der Waals surface area contributed by atoms with Crippen molar-refractivity contribution in [3.63, 3.8) is 0 Å². The molecule has 2 aliphatic rings. The molecule has 162 valence electrons. The van der Waals surface area contributed by atoms with Gasteiger partial charge in [-0.3, -0.25) is 19.3 Å². The lowest BCUT2D eigenvalue weighted by Crippen LogP contribution is -2.54. The highest BCUT2D eigenvalue weighted by atomic mass is 79.9. The number of fused-ring (bicyclic) bond motifs is 1. The van der Waals surface area contributed by atoms with Gasteiger partial charge in [0.1, 0.15) is 0 Å². The number of piperazine rings is 1. The van der Waals surface area contributed by atoms with Gasteiger partial charge in [-0.05, 0) is 38.5 Å². The third-order valence-electron chi connectivity index (χ3n) is 5.64. The number of urea groups is 1. The highest BCUT2D eigenvalue weighted by Gasteiger charge is 2.35. The largest absolute Gasteiger partial charge is 0.339 e. The van der Waals surface area contributed by atoms with E-state index in [1.807, 2.05) is 13.8 Å². The zero-order chi connectivity index (χ0) is 21.8. The summed E-state index contributed by atoms with van der Waals surface area (Å²) >= 11 is 3.32. The van der Waals surface area contributed by atoms with Gasteiger partial charge in [-0.1, -0.05) is 15.9 Å². The second-order valence-corrected chi connectivity index (χ2v) is 8.29. The predicted molar refractivity (Wildman–Crippen MR) is 115 cm³/mol. The van der Waals surface area contributed by atoms with E-state index in [1.165, 1.54) is 4.90 Å². The van der Waals surface area contributed by atoms with Gasteiger partial charge in [-0.2, -0.15) is 0 Å². The Morgan fingerprint density at radius 1 is 0.967 bits per heavy atom. The van der Waals surface area contributed by atoms with Crippen LogP contribution in [0.4, 0.5) is 4.79 Å². The Morgan fingerprint density at radius 3 is 2.20 bits per heavy atom. The quantitative estimate of drug-likeness (QED) is 0.587. The second-order valence-electron chi connectivity index (χ2n) is 7.38. The van der Waals surface area contributed by atoms with Gasteiger partial charge in [-0.25, -0.2) is 4.79 Å². The van der Waals surface area contributed by atoms with Crippen LogP contribution in [0.5, 0.6) is 0 Å². The van der Waals surface area contributed by atoms with Crippen molar-refractivity contribution in [2.24, 2.45) is 0 Å². The average molecular weight is 479 g/mol. The van der Waals surface area contributed by atoms with Crippen molar-refractivity contribution in [2.45, 2.75) is 26.7 Å². The number of rotatable bonds is 6. The minimum Gasteiger partial charge on any atom is -0.339 e. The fourth-order valence-electron chi connectivity index (χ4n) is 3.85. The first-order valence-corrected chi connectivity index (χ1v) is 11.1. The van der Waals surface area contributed by atoms with Crippen molar-refractivity contribution in [3.05, 3.63) is 33.8 Å². The summed E-state index contributed by atoms with van der Waals surface area (Å²) in [6.45, 7) is 7.52. The first kappa shape index (κ1) is 22.3. The number of halogens is 1. The van der Waals surface area contributed by atoms with Gasteiger partial charge < -0.3 is 14.7 Å².